The Morgan fingerprint density at radius 3 is 2.83 bits per heavy atom. The summed E-state index contributed by atoms with van der Waals surface area (Å²) in [4.78, 5) is 0. The Morgan fingerprint density at radius 2 is 2.11 bits per heavy atom. The second kappa shape index (κ2) is 6.21. The molecule has 0 aliphatic heterocycles. The minimum Gasteiger partial charge on any atom is -0.492 e. The third kappa shape index (κ3) is 4.00. The van der Waals surface area contributed by atoms with Crippen LogP contribution < -0.4 is 10.1 Å². The number of ether oxygens (including phenoxy) is 1. The monoisotopic (exact) mass is 249 g/mol. The van der Waals surface area contributed by atoms with Gasteiger partial charge in [-0.1, -0.05) is 25.0 Å². The van der Waals surface area contributed by atoms with Crippen molar-refractivity contribution in [3.8, 4) is 5.75 Å². The quantitative estimate of drug-likeness (QED) is 0.760. The van der Waals surface area contributed by atoms with E-state index in [1.807, 2.05) is 18.2 Å². The molecular weight excluding hydrogens is 226 g/mol. The molecule has 3 nitrogen and oxygen atoms in total. The fourth-order valence-corrected chi connectivity index (χ4v) is 2.48. The molecule has 18 heavy (non-hydrogen) atoms. The van der Waals surface area contributed by atoms with Crippen molar-refractivity contribution in [1.29, 1.82) is 0 Å². The molecule has 0 aromatic heterocycles. The first kappa shape index (κ1) is 13.4. The van der Waals surface area contributed by atoms with E-state index in [4.69, 9.17) is 4.74 Å². The molecule has 1 aliphatic rings. The summed E-state index contributed by atoms with van der Waals surface area (Å²) in [6.45, 7) is 4.15. The van der Waals surface area contributed by atoms with Crippen molar-refractivity contribution < 1.29 is 9.84 Å². The van der Waals surface area contributed by atoms with E-state index in [2.05, 4.69) is 18.3 Å². The summed E-state index contributed by atoms with van der Waals surface area (Å²) in [5, 5.41) is 13.4. The van der Waals surface area contributed by atoms with Gasteiger partial charge >= 0.3 is 0 Å². The van der Waals surface area contributed by atoms with E-state index < -0.39 is 5.60 Å². The molecule has 0 spiro atoms. The smallest absolute Gasteiger partial charge is 0.119 e. The van der Waals surface area contributed by atoms with Gasteiger partial charge in [-0.2, -0.15) is 0 Å². The molecule has 0 bridgehead atoms. The van der Waals surface area contributed by atoms with E-state index in [0.29, 0.717) is 13.2 Å². The van der Waals surface area contributed by atoms with Crippen molar-refractivity contribution in [2.24, 2.45) is 0 Å². The van der Waals surface area contributed by atoms with Gasteiger partial charge in [-0.15, -0.1) is 0 Å². The van der Waals surface area contributed by atoms with Gasteiger partial charge in [-0.3, -0.25) is 0 Å². The zero-order valence-electron chi connectivity index (χ0n) is 11.1. The molecule has 1 aromatic rings. The summed E-state index contributed by atoms with van der Waals surface area (Å²) in [6, 6.07) is 8.06. The van der Waals surface area contributed by atoms with Crippen molar-refractivity contribution in [2.45, 2.75) is 38.2 Å². The number of rotatable bonds is 6. The molecule has 100 valence electrons. The number of nitrogens with one attached hydrogen (secondary N) is 1. The lowest BCUT2D eigenvalue weighted by Crippen LogP contribution is -2.39. The molecule has 0 amide bonds. The Kier molecular flexibility index (Phi) is 4.61. The third-order valence-electron chi connectivity index (χ3n) is 3.53. The Morgan fingerprint density at radius 1 is 1.33 bits per heavy atom. The maximum absolute atomic E-state index is 10.1. The number of aryl methyl sites for hydroxylation is 1. The zero-order chi connectivity index (χ0) is 12.8. The number of hydrogen-bond donors (Lipinski definition) is 2. The lowest BCUT2D eigenvalue weighted by Gasteiger charge is -2.22. The van der Waals surface area contributed by atoms with Crippen LogP contribution >= 0.6 is 0 Å². The summed E-state index contributed by atoms with van der Waals surface area (Å²) >= 11 is 0. The van der Waals surface area contributed by atoms with Crippen molar-refractivity contribution in [3.05, 3.63) is 29.8 Å². The van der Waals surface area contributed by atoms with Gasteiger partial charge in [-0.25, -0.2) is 0 Å². The van der Waals surface area contributed by atoms with E-state index >= 15 is 0 Å². The van der Waals surface area contributed by atoms with E-state index in [1.165, 1.54) is 5.56 Å². The van der Waals surface area contributed by atoms with Crippen molar-refractivity contribution in [3.63, 3.8) is 0 Å². The van der Waals surface area contributed by atoms with Crippen molar-refractivity contribution >= 4 is 0 Å². The van der Waals surface area contributed by atoms with E-state index in [0.717, 1.165) is 38.0 Å². The Bertz CT molecular complexity index is 373. The van der Waals surface area contributed by atoms with Gasteiger partial charge < -0.3 is 15.2 Å². The van der Waals surface area contributed by atoms with Gasteiger partial charge in [0.25, 0.3) is 0 Å². The van der Waals surface area contributed by atoms with E-state index in [1.54, 1.807) is 0 Å². The van der Waals surface area contributed by atoms with Crippen LogP contribution in [0.1, 0.15) is 31.2 Å². The molecule has 2 rings (SSSR count). The number of benzene rings is 1. The first-order valence-corrected chi connectivity index (χ1v) is 6.81. The summed E-state index contributed by atoms with van der Waals surface area (Å²) < 4.78 is 5.64. The second-order valence-corrected chi connectivity index (χ2v) is 5.27. The fraction of sp³-hybridized carbons (Fsp3) is 0.600. The first-order chi connectivity index (χ1) is 8.68. The van der Waals surface area contributed by atoms with Crippen LogP contribution in [0.15, 0.2) is 24.3 Å². The van der Waals surface area contributed by atoms with Gasteiger partial charge in [0, 0.05) is 13.1 Å². The van der Waals surface area contributed by atoms with Gasteiger partial charge in [0.15, 0.2) is 0 Å². The van der Waals surface area contributed by atoms with E-state index in [9.17, 15) is 5.11 Å². The third-order valence-corrected chi connectivity index (χ3v) is 3.53. The highest BCUT2D eigenvalue weighted by atomic mass is 16.5. The number of aliphatic hydroxyl groups is 1. The highest BCUT2D eigenvalue weighted by Crippen LogP contribution is 2.28. The maximum atomic E-state index is 10.1. The minimum absolute atomic E-state index is 0.469. The van der Waals surface area contributed by atoms with Crippen LogP contribution in [0.4, 0.5) is 0 Å². The normalized spacial score (nSPS) is 17.9. The molecule has 1 aromatic carbocycles. The lowest BCUT2D eigenvalue weighted by molar-refractivity contribution is 0.0471. The largest absolute Gasteiger partial charge is 0.492 e. The predicted molar refractivity (Wildman–Crippen MR) is 73.0 cm³/mol. The van der Waals surface area contributed by atoms with Crippen LogP contribution in [-0.2, 0) is 0 Å². The van der Waals surface area contributed by atoms with Crippen molar-refractivity contribution in [2.75, 3.05) is 19.7 Å². The Labute approximate surface area is 109 Å². The molecule has 0 atom stereocenters. The summed E-state index contributed by atoms with van der Waals surface area (Å²) in [5.41, 5.74) is 0.740. The average molecular weight is 249 g/mol. The SMILES string of the molecule is Cc1cccc(OCCNCC2(O)CCCC2)c1. The van der Waals surface area contributed by atoms with Crippen LogP contribution in [-0.4, -0.2) is 30.4 Å². The Balaban J connectivity index is 1.61. The summed E-state index contributed by atoms with van der Waals surface area (Å²) in [5.74, 6) is 0.913. The van der Waals surface area contributed by atoms with Crippen LogP contribution in [0.5, 0.6) is 5.75 Å². The van der Waals surface area contributed by atoms with Crippen LogP contribution in [0.3, 0.4) is 0 Å². The van der Waals surface area contributed by atoms with Crippen LogP contribution in [0, 0.1) is 6.92 Å². The van der Waals surface area contributed by atoms with Crippen LogP contribution in [0.25, 0.3) is 0 Å². The van der Waals surface area contributed by atoms with Crippen molar-refractivity contribution in [1.82, 2.24) is 5.32 Å². The Hall–Kier alpha value is -1.06. The van der Waals surface area contributed by atoms with E-state index in [-0.39, 0.29) is 0 Å². The molecule has 2 N–H and O–H groups in total. The summed E-state index contributed by atoms with van der Waals surface area (Å²) in [6.07, 6.45) is 4.16. The lowest BCUT2D eigenvalue weighted by atomic mass is 10.0. The standard InChI is InChI=1S/C15H23NO2/c1-13-5-4-6-14(11-13)18-10-9-16-12-15(17)7-2-3-8-15/h4-6,11,16-17H,2-3,7-10,12H2,1H3. The summed E-state index contributed by atoms with van der Waals surface area (Å²) in [7, 11) is 0. The second-order valence-electron chi connectivity index (χ2n) is 5.27. The maximum Gasteiger partial charge on any atom is 0.119 e. The highest BCUT2D eigenvalue weighted by molar-refractivity contribution is 5.27. The minimum atomic E-state index is -0.469. The molecule has 3 heteroatoms. The molecular formula is C15H23NO2. The molecule has 0 radical (unpaired) electrons. The number of hydrogen-bond acceptors (Lipinski definition) is 3. The van der Waals surface area contributed by atoms with Crippen LogP contribution in [0.2, 0.25) is 0 Å². The molecule has 0 saturated heterocycles. The van der Waals surface area contributed by atoms with Gasteiger partial charge in [0.05, 0.1) is 5.60 Å². The fourth-order valence-electron chi connectivity index (χ4n) is 2.48. The first-order valence-electron chi connectivity index (χ1n) is 6.81. The zero-order valence-corrected chi connectivity index (χ0v) is 11.1. The van der Waals surface area contributed by atoms with Gasteiger partial charge in [0.2, 0.25) is 0 Å². The topological polar surface area (TPSA) is 41.5 Å². The predicted octanol–water partition coefficient (Wildman–Crippen LogP) is 2.27. The molecule has 1 aliphatic carbocycles. The van der Waals surface area contributed by atoms with Gasteiger partial charge in [0.1, 0.15) is 12.4 Å². The van der Waals surface area contributed by atoms with Gasteiger partial charge in [-0.05, 0) is 37.5 Å². The molecule has 0 heterocycles. The molecule has 1 fully saturated rings. The molecule has 1 saturated carbocycles. The molecule has 0 unspecified atom stereocenters. The highest BCUT2D eigenvalue weighted by Gasteiger charge is 2.30. The average Bonchev–Trinajstić information content (AvgIpc) is 2.76.